The van der Waals surface area contributed by atoms with E-state index >= 15 is 0 Å². The number of aromatic nitrogens is 6. The number of nitrogens with one attached hydrogen (secondary N) is 1. The molecule has 4 aromatic heterocycles. The zero-order valence-electron chi connectivity index (χ0n) is 20.2. The molecule has 0 saturated carbocycles. The fraction of sp³-hybridized carbons (Fsp3) is 0.462. The first kappa shape index (κ1) is 21.8. The van der Waals surface area contributed by atoms with Crippen LogP contribution in [0.25, 0.3) is 28.3 Å². The predicted molar refractivity (Wildman–Crippen MR) is 131 cm³/mol. The number of aromatic amines is 1. The average molecular weight is 444 g/mol. The van der Waals surface area contributed by atoms with Crippen molar-refractivity contribution in [3.05, 3.63) is 53.6 Å². The largest absolute Gasteiger partial charge is 0.301 e. The van der Waals surface area contributed by atoms with Crippen molar-refractivity contribution in [2.24, 2.45) is 0 Å². The molecule has 0 aromatic carbocycles. The molecule has 0 bridgehead atoms. The summed E-state index contributed by atoms with van der Waals surface area (Å²) in [6, 6.07) is 7.17. The van der Waals surface area contributed by atoms with Crippen LogP contribution in [0, 0.1) is 6.92 Å². The lowest BCUT2D eigenvalue weighted by Gasteiger charge is -2.34. The molecule has 1 N–H and O–H groups in total. The lowest BCUT2D eigenvalue weighted by molar-refractivity contribution is 0.172. The predicted octanol–water partition coefficient (Wildman–Crippen LogP) is 5.20. The Kier molecular flexibility index (Phi) is 5.74. The highest BCUT2D eigenvalue weighted by Crippen LogP contribution is 2.36. The topological polar surface area (TPSA) is 75.0 Å². The van der Waals surface area contributed by atoms with Gasteiger partial charge >= 0.3 is 0 Å². The van der Waals surface area contributed by atoms with Crippen LogP contribution in [-0.4, -0.2) is 53.8 Å². The lowest BCUT2D eigenvalue weighted by atomic mass is 9.89. The van der Waals surface area contributed by atoms with Crippen LogP contribution < -0.4 is 0 Å². The van der Waals surface area contributed by atoms with Crippen molar-refractivity contribution < 1.29 is 0 Å². The Hall–Kier alpha value is -3.06. The summed E-state index contributed by atoms with van der Waals surface area (Å²) in [7, 11) is 0. The van der Waals surface area contributed by atoms with Gasteiger partial charge in [0.2, 0.25) is 0 Å². The number of hydrogen-bond donors (Lipinski definition) is 1. The zero-order valence-corrected chi connectivity index (χ0v) is 20.2. The molecule has 1 aliphatic heterocycles. The standard InChI is InChI=1S/C26H33N7/c1-16(2)23-24(21-12-18(5)26-28-15-29-33(26)14-21)30-31-25(23)22-7-6-20(13-27-22)19-8-10-32(11-9-19)17(3)4/h6-7,12-17,19H,8-11H2,1-5H3,(H,30,31). The summed E-state index contributed by atoms with van der Waals surface area (Å²) < 4.78 is 1.82. The van der Waals surface area contributed by atoms with Gasteiger partial charge in [0.25, 0.3) is 0 Å². The first-order chi connectivity index (χ1) is 15.9. The van der Waals surface area contributed by atoms with Crippen molar-refractivity contribution in [2.75, 3.05) is 13.1 Å². The van der Waals surface area contributed by atoms with Crippen LogP contribution in [0.15, 0.2) is 36.9 Å². The van der Waals surface area contributed by atoms with E-state index in [-0.39, 0.29) is 0 Å². The van der Waals surface area contributed by atoms with Gasteiger partial charge in [-0.05, 0) is 81.8 Å². The van der Waals surface area contributed by atoms with Crippen molar-refractivity contribution in [2.45, 2.75) is 65.3 Å². The van der Waals surface area contributed by atoms with Gasteiger partial charge in [-0.3, -0.25) is 10.1 Å². The fourth-order valence-corrected chi connectivity index (χ4v) is 5.10. The van der Waals surface area contributed by atoms with Gasteiger partial charge in [-0.2, -0.15) is 10.2 Å². The van der Waals surface area contributed by atoms with E-state index in [9.17, 15) is 0 Å². The first-order valence-electron chi connectivity index (χ1n) is 12.0. The van der Waals surface area contributed by atoms with Gasteiger partial charge in [-0.25, -0.2) is 9.50 Å². The molecule has 7 nitrogen and oxygen atoms in total. The summed E-state index contributed by atoms with van der Waals surface area (Å²) in [6.07, 6.45) is 8.07. The van der Waals surface area contributed by atoms with Crippen molar-refractivity contribution in [3.63, 3.8) is 0 Å². The molecular weight excluding hydrogens is 410 g/mol. The van der Waals surface area contributed by atoms with Crippen LogP contribution in [-0.2, 0) is 0 Å². The van der Waals surface area contributed by atoms with E-state index in [1.54, 1.807) is 6.33 Å². The number of pyridine rings is 2. The summed E-state index contributed by atoms with van der Waals surface area (Å²) in [5, 5.41) is 12.3. The van der Waals surface area contributed by atoms with E-state index in [1.165, 1.54) is 37.1 Å². The number of likely N-dealkylation sites (tertiary alicyclic amines) is 1. The van der Waals surface area contributed by atoms with E-state index in [4.69, 9.17) is 10.1 Å². The van der Waals surface area contributed by atoms with Crippen molar-refractivity contribution in [1.29, 1.82) is 0 Å². The molecule has 1 aliphatic rings. The monoisotopic (exact) mass is 443 g/mol. The maximum absolute atomic E-state index is 4.88. The third-order valence-electron chi connectivity index (χ3n) is 6.99. The Morgan fingerprint density at radius 2 is 1.85 bits per heavy atom. The van der Waals surface area contributed by atoms with Crippen LogP contribution in [0.4, 0.5) is 0 Å². The van der Waals surface area contributed by atoms with Crippen LogP contribution >= 0.6 is 0 Å². The van der Waals surface area contributed by atoms with Crippen LogP contribution in [0.3, 0.4) is 0 Å². The summed E-state index contributed by atoms with van der Waals surface area (Å²) in [6.45, 7) is 13.4. The lowest BCUT2D eigenvalue weighted by Crippen LogP contribution is -2.37. The van der Waals surface area contributed by atoms with Gasteiger partial charge in [-0.15, -0.1) is 0 Å². The molecule has 4 aromatic rings. The van der Waals surface area contributed by atoms with Gasteiger partial charge in [0.15, 0.2) is 5.65 Å². The molecule has 7 heteroatoms. The minimum atomic E-state index is 0.294. The summed E-state index contributed by atoms with van der Waals surface area (Å²) in [5.41, 5.74) is 8.40. The number of H-pyrrole nitrogens is 1. The molecule has 0 amide bonds. The molecule has 0 aliphatic carbocycles. The Morgan fingerprint density at radius 1 is 1.06 bits per heavy atom. The third-order valence-corrected chi connectivity index (χ3v) is 6.99. The van der Waals surface area contributed by atoms with E-state index in [1.807, 2.05) is 10.7 Å². The van der Waals surface area contributed by atoms with E-state index in [0.29, 0.717) is 17.9 Å². The molecule has 0 radical (unpaired) electrons. The minimum Gasteiger partial charge on any atom is -0.301 e. The number of rotatable bonds is 5. The molecule has 0 unspecified atom stereocenters. The molecule has 5 heterocycles. The molecule has 1 fully saturated rings. The number of piperidine rings is 1. The fourth-order valence-electron chi connectivity index (χ4n) is 5.10. The second-order valence-corrected chi connectivity index (χ2v) is 9.84. The first-order valence-corrected chi connectivity index (χ1v) is 12.0. The van der Waals surface area contributed by atoms with Crippen LogP contribution in [0.5, 0.6) is 0 Å². The van der Waals surface area contributed by atoms with Gasteiger partial charge in [0.1, 0.15) is 6.33 Å². The molecule has 172 valence electrons. The maximum atomic E-state index is 4.88. The second kappa shape index (κ2) is 8.71. The highest BCUT2D eigenvalue weighted by Gasteiger charge is 2.24. The van der Waals surface area contributed by atoms with Crippen molar-refractivity contribution >= 4 is 5.65 Å². The van der Waals surface area contributed by atoms with Crippen molar-refractivity contribution in [3.8, 4) is 22.6 Å². The minimum absolute atomic E-state index is 0.294. The zero-order chi connectivity index (χ0) is 23.1. The Balaban J connectivity index is 1.44. The highest BCUT2D eigenvalue weighted by molar-refractivity contribution is 5.74. The smallest absolute Gasteiger partial charge is 0.158 e. The van der Waals surface area contributed by atoms with Crippen LogP contribution in [0.2, 0.25) is 0 Å². The number of hydrogen-bond acceptors (Lipinski definition) is 5. The van der Waals surface area contributed by atoms with E-state index in [0.717, 1.165) is 33.9 Å². The van der Waals surface area contributed by atoms with Crippen molar-refractivity contribution in [1.82, 2.24) is 34.7 Å². The molecule has 5 rings (SSSR count). The SMILES string of the molecule is Cc1cc(-c2n[nH]c(-c3ccc(C4CCN(C(C)C)CC4)cn3)c2C(C)C)cn2ncnc12. The Morgan fingerprint density at radius 3 is 2.52 bits per heavy atom. The van der Waals surface area contributed by atoms with E-state index < -0.39 is 0 Å². The third kappa shape index (κ3) is 4.06. The Labute approximate surface area is 195 Å². The second-order valence-electron chi connectivity index (χ2n) is 9.84. The van der Waals surface area contributed by atoms with Gasteiger partial charge in [-0.1, -0.05) is 19.9 Å². The molecule has 1 saturated heterocycles. The number of nitrogens with zero attached hydrogens (tertiary/aromatic N) is 6. The number of aryl methyl sites for hydroxylation is 1. The summed E-state index contributed by atoms with van der Waals surface area (Å²) >= 11 is 0. The normalized spacial score (nSPS) is 15.8. The average Bonchev–Trinajstić information content (AvgIpc) is 3.47. The quantitative estimate of drug-likeness (QED) is 0.459. The van der Waals surface area contributed by atoms with Gasteiger partial charge in [0.05, 0.1) is 17.1 Å². The molecule has 0 atom stereocenters. The van der Waals surface area contributed by atoms with E-state index in [2.05, 4.69) is 79.1 Å². The van der Waals surface area contributed by atoms with Crippen LogP contribution in [0.1, 0.15) is 69.1 Å². The molecular formula is C26H33N7. The molecule has 33 heavy (non-hydrogen) atoms. The summed E-state index contributed by atoms with van der Waals surface area (Å²) in [4.78, 5) is 11.8. The maximum Gasteiger partial charge on any atom is 0.158 e. The Bertz CT molecular complexity index is 1240. The highest BCUT2D eigenvalue weighted by atomic mass is 15.3. The van der Waals surface area contributed by atoms with Gasteiger partial charge < -0.3 is 4.90 Å². The number of fused-ring (bicyclic) bond motifs is 1. The summed E-state index contributed by atoms with van der Waals surface area (Å²) in [5.74, 6) is 0.892. The van der Waals surface area contributed by atoms with Gasteiger partial charge in [0, 0.05) is 29.6 Å². The molecule has 0 spiro atoms.